The molecule has 3 nitrogen and oxygen atoms in total. The molecule has 0 spiro atoms. The number of anilines is 1. The monoisotopic (exact) mass is 294 g/mol. The Hall–Kier alpha value is -1.16. The molecule has 0 aromatic carbocycles. The molecule has 1 aromatic heterocycles. The van der Waals surface area contributed by atoms with Crippen molar-refractivity contribution in [1.29, 1.82) is 0 Å². The molecule has 1 aliphatic rings. The van der Waals surface area contributed by atoms with Gasteiger partial charge in [0.15, 0.2) is 0 Å². The molecule has 1 N–H and O–H groups in total. The molecule has 2 rings (SSSR count). The summed E-state index contributed by atoms with van der Waals surface area (Å²) in [5.41, 5.74) is 1.07. The Bertz CT molecular complexity index is 457. The number of nitrogens with zero attached hydrogens (tertiary/aromatic N) is 1. The van der Waals surface area contributed by atoms with Gasteiger partial charge in [0.2, 0.25) is 5.91 Å². The maximum atomic E-state index is 11.8. The maximum absolute atomic E-state index is 11.8. The lowest BCUT2D eigenvalue weighted by Gasteiger charge is -2.08. The molecule has 0 saturated carbocycles. The Morgan fingerprint density at radius 2 is 2.47 bits per heavy atom. The average Bonchev–Trinajstić information content (AvgIpc) is 2.76. The summed E-state index contributed by atoms with van der Waals surface area (Å²) in [6.45, 7) is 1.97. The van der Waals surface area contributed by atoms with Crippen molar-refractivity contribution in [2.45, 2.75) is 26.2 Å². The number of rotatable bonds is 3. The number of carbonyl (C=O) groups is 1. The first kappa shape index (κ1) is 12.3. The quantitative estimate of drug-likeness (QED) is 0.868. The highest BCUT2D eigenvalue weighted by Gasteiger charge is 2.14. The topological polar surface area (TPSA) is 42.0 Å². The zero-order valence-corrected chi connectivity index (χ0v) is 11.3. The first-order chi connectivity index (χ1) is 8.15. The molecule has 0 fully saturated rings. The standard InChI is InChI=1S/C13H15BrN2O/c1-9-6-12(15-8-11(9)14)16-13(17)7-10-4-2-3-5-10/h2,4,6,8,10H,3,5,7H2,1H3,(H,15,16,17). The first-order valence-corrected chi connectivity index (χ1v) is 6.53. The largest absolute Gasteiger partial charge is 0.311 e. The van der Waals surface area contributed by atoms with Gasteiger partial charge in [-0.2, -0.15) is 0 Å². The number of amides is 1. The summed E-state index contributed by atoms with van der Waals surface area (Å²) in [5.74, 6) is 1.06. The number of aryl methyl sites for hydroxylation is 1. The van der Waals surface area contributed by atoms with Crippen molar-refractivity contribution in [2.24, 2.45) is 5.92 Å². The summed E-state index contributed by atoms with van der Waals surface area (Å²) >= 11 is 3.38. The summed E-state index contributed by atoms with van der Waals surface area (Å²) in [5, 5.41) is 2.83. The molecule has 1 unspecified atom stereocenters. The van der Waals surface area contributed by atoms with Crippen LogP contribution >= 0.6 is 15.9 Å². The number of hydrogen-bond donors (Lipinski definition) is 1. The van der Waals surface area contributed by atoms with E-state index >= 15 is 0 Å². The van der Waals surface area contributed by atoms with Gasteiger partial charge in [0.25, 0.3) is 0 Å². The van der Waals surface area contributed by atoms with E-state index in [9.17, 15) is 4.79 Å². The van der Waals surface area contributed by atoms with Crippen molar-refractivity contribution >= 4 is 27.7 Å². The van der Waals surface area contributed by atoms with Crippen LogP contribution in [0.5, 0.6) is 0 Å². The SMILES string of the molecule is Cc1cc(NC(=O)CC2C=CCC2)ncc1Br. The van der Waals surface area contributed by atoms with Gasteiger partial charge in [-0.3, -0.25) is 4.79 Å². The summed E-state index contributed by atoms with van der Waals surface area (Å²) in [4.78, 5) is 15.9. The van der Waals surface area contributed by atoms with Crippen LogP contribution in [0.15, 0.2) is 28.9 Å². The van der Waals surface area contributed by atoms with E-state index in [0.717, 1.165) is 22.9 Å². The minimum absolute atomic E-state index is 0.0378. The third-order valence-corrected chi connectivity index (χ3v) is 3.70. The molecular formula is C13H15BrN2O. The number of allylic oxidation sites excluding steroid dienone is 2. The number of nitrogens with one attached hydrogen (secondary N) is 1. The highest BCUT2D eigenvalue weighted by atomic mass is 79.9. The second kappa shape index (κ2) is 5.45. The Morgan fingerprint density at radius 3 is 3.12 bits per heavy atom. The van der Waals surface area contributed by atoms with Crippen LogP contribution < -0.4 is 5.32 Å². The van der Waals surface area contributed by atoms with Crippen molar-refractivity contribution in [3.8, 4) is 0 Å². The van der Waals surface area contributed by atoms with Crippen LogP contribution in [0.1, 0.15) is 24.8 Å². The molecule has 1 aromatic rings. The Kier molecular flexibility index (Phi) is 3.94. The number of aromatic nitrogens is 1. The second-order valence-corrected chi connectivity index (χ2v) is 5.19. The van der Waals surface area contributed by atoms with Crippen molar-refractivity contribution in [1.82, 2.24) is 4.98 Å². The molecule has 0 saturated heterocycles. The number of halogens is 1. The van der Waals surface area contributed by atoms with Crippen LogP contribution in [0.25, 0.3) is 0 Å². The van der Waals surface area contributed by atoms with Gasteiger partial charge in [-0.25, -0.2) is 4.98 Å². The lowest BCUT2D eigenvalue weighted by Crippen LogP contribution is -2.15. The molecule has 1 atom stereocenters. The fourth-order valence-electron chi connectivity index (χ4n) is 1.90. The van der Waals surface area contributed by atoms with Gasteiger partial charge in [-0.15, -0.1) is 0 Å². The van der Waals surface area contributed by atoms with Gasteiger partial charge in [-0.05, 0) is 53.2 Å². The highest BCUT2D eigenvalue weighted by Crippen LogP contribution is 2.21. The molecule has 90 valence electrons. The van der Waals surface area contributed by atoms with Crippen LogP contribution in [0.4, 0.5) is 5.82 Å². The summed E-state index contributed by atoms with van der Waals surface area (Å²) in [7, 11) is 0. The van der Waals surface area contributed by atoms with E-state index in [1.54, 1.807) is 6.20 Å². The van der Waals surface area contributed by atoms with E-state index in [0.29, 0.717) is 18.2 Å². The Morgan fingerprint density at radius 1 is 1.65 bits per heavy atom. The van der Waals surface area contributed by atoms with Gasteiger partial charge in [0, 0.05) is 17.1 Å². The number of pyridine rings is 1. The fraction of sp³-hybridized carbons (Fsp3) is 0.385. The van der Waals surface area contributed by atoms with E-state index in [2.05, 4.69) is 38.4 Å². The molecular weight excluding hydrogens is 280 g/mol. The van der Waals surface area contributed by atoms with Gasteiger partial charge in [0.05, 0.1) is 0 Å². The van der Waals surface area contributed by atoms with Crippen LogP contribution in [-0.4, -0.2) is 10.9 Å². The lowest BCUT2D eigenvalue weighted by molar-refractivity contribution is -0.116. The van der Waals surface area contributed by atoms with Crippen LogP contribution in [-0.2, 0) is 4.79 Å². The smallest absolute Gasteiger partial charge is 0.226 e. The predicted octanol–water partition coefficient (Wildman–Crippen LogP) is 3.45. The van der Waals surface area contributed by atoms with Crippen molar-refractivity contribution in [2.75, 3.05) is 5.32 Å². The lowest BCUT2D eigenvalue weighted by atomic mass is 10.1. The zero-order chi connectivity index (χ0) is 12.3. The maximum Gasteiger partial charge on any atom is 0.226 e. The van der Waals surface area contributed by atoms with Crippen LogP contribution in [0, 0.1) is 12.8 Å². The normalized spacial score (nSPS) is 18.4. The molecule has 17 heavy (non-hydrogen) atoms. The minimum Gasteiger partial charge on any atom is -0.311 e. The number of hydrogen-bond acceptors (Lipinski definition) is 2. The van der Waals surface area contributed by atoms with Gasteiger partial charge in [0.1, 0.15) is 5.82 Å². The fourth-order valence-corrected chi connectivity index (χ4v) is 2.12. The Labute approximate surface area is 109 Å². The van der Waals surface area contributed by atoms with Crippen LogP contribution in [0.2, 0.25) is 0 Å². The van der Waals surface area contributed by atoms with Gasteiger partial charge in [-0.1, -0.05) is 12.2 Å². The third-order valence-electron chi connectivity index (χ3n) is 2.87. The second-order valence-electron chi connectivity index (χ2n) is 4.34. The first-order valence-electron chi connectivity index (χ1n) is 5.74. The summed E-state index contributed by atoms with van der Waals surface area (Å²) in [6, 6.07) is 1.87. The van der Waals surface area contributed by atoms with Crippen molar-refractivity contribution in [3.05, 3.63) is 34.5 Å². The highest BCUT2D eigenvalue weighted by molar-refractivity contribution is 9.10. The van der Waals surface area contributed by atoms with E-state index < -0.39 is 0 Å². The van der Waals surface area contributed by atoms with Crippen molar-refractivity contribution in [3.63, 3.8) is 0 Å². The van der Waals surface area contributed by atoms with E-state index in [-0.39, 0.29) is 5.91 Å². The van der Waals surface area contributed by atoms with Crippen molar-refractivity contribution < 1.29 is 4.79 Å². The summed E-state index contributed by atoms with van der Waals surface area (Å²) < 4.78 is 0.953. The van der Waals surface area contributed by atoms with Crippen LogP contribution in [0.3, 0.4) is 0 Å². The minimum atomic E-state index is 0.0378. The Balaban J connectivity index is 1.93. The van der Waals surface area contributed by atoms with Gasteiger partial charge < -0.3 is 5.32 Å². The zero-order valence-electron chi connectivity index (χ0n) is 9.74. The van der Waals surface area contributed by atoms with Gasteiger partial charge >= 0.3 is 0 Å². The van der Waals surface area contributed by atoms with E-state index in [4.69, 9.17) is 0 Å². The molecule has 4 heteroatoms. The molecule has 0 bridgehead atoms. The summed E-state index contributed by atoms with van der Waals surface area (Å²) in [6.07, 6.45) is 8.70. The average molecular weight is 295 g/mol. The molecule has 0 aliphatic heterocycles. The predicted molar refractivity (Wildman–Crippen MR) is 71.8 cm³/mol. The van der Waals surface area contributed by atoms with E-state index in [1.165, 1.54) is 0 Å². The molecule has 1 amide bonds. The number of carbonyl (C=O) groups excluding carboxylic acids is 1. The molecule has 1 heterocycles. The molecule has 1 aliphatic carbocycles. The molecule has 0 radical (unpaired) electrons. The van der Waals surface area contributed by atoms with E-state index in [1.807, 2.05) is 13.0 Å². The third kappa shape index (κ3) is 3.40.